The van der Waals surface area contributed by atoms with Crippen LogP contribution < -0.4 is 5.32 Å². The number of aromatic carboxylic acids is 1. The molecule has 0 bridgehead atoms. The number of hydrogen-bond acceptors (Lipinski definition) is 5. The molecule has 1 amide bonds. The van der Waals surface area contributed by atoms with Crippen LogP contribution in [0.5, 0.6) is 5.75 Å². The number of aromatic amines is 1. The standard InChI is InChI=1S/C11H10N4O4/c1-5-12-9(15-14-5)10(17)13-6-2-3-7(11(18)19)8(16)4-6/h2-4,16H,1H3,(H,13,17)(H,18,19)(H,12,14,15). The fraction of sp³-hybridized carbons (Fsp3) is 0.0909. The summed E-state index contributed by atoms with van der Waals surface area (Å²) in [5.74, 6) is -1.79. The topological polar surface area (TPSA) is 128 Å². The molecule has 19 heavy (non-hydrogen) atoms. The molecule has 1 aromatic carbocycles. The molecule has 2 rings (SSSR count). The Morgan fingerprint density at radius 2 is 2.11 bits per heavy atom. The lowest BCUT2D eigenvalue weighted by Gasteiger charge is -2.05. The van der Waals surface area contributed by atoms with Gasteiger partial charge in [-0.1, -0.05) is 0 Å². The average Bonchev–Trinajstić information content (AvgIpc) is 2.75. The maximum Gasteiger partial charge on any atom is 0.339 e. The summed E-state index contributed by atoms with van der Waals surface area (Å²) < 4.78 is 0. The molecule has 8 heteroatoms. The van der Waals surface area contributed by atoms with Gasteiger partial charge < -0.3 is 15.5 Å². The van der Waals surface area contributed by atoms with Gasteiger partial charge in [0.1, 0.15) is 17.1 Å². The summed E-state index contributed by atoms with van der Waals surface area (Å²) in [4.78, 5) is 26.3. The third-order valence-corrected chi connectivity index (χ3v) is 2.29. The second kappa shape index (κ2) is 4.77. The number of anilines is 1. The number of carbonyl (C=O) groups excluding carboxylic acids is 1. The number of carboxylic acids is 1. The van der Waals surface area contributed by atoms with Crippen LogP contribution in [0.3, 0.4) is 0 Å². The van der Waals surface area contributed by atoms with Crippen LogP contribution in [-0.4, -0.2) is 37.3 Å². The van der Waals surface area contributed by atoms with E-state index in [0.717, 1.165) is 6.07 Å². The maximum absolute atomic E-state index is 11.7. The number of aryl methyl sites for hydroxylation is 1. The molecule has 4 N–H and O–H groups in total. The number of aromatic nitrogens is 3. The number of nitrogens with one attached hydrogen (secondary N) is 2. The van der Waals surface area contributed by atoms with E-state index in [0.29, 0.717) is 5.82 Å². The summed E-state index contributed by atoms with van der Waals surface area (Å²) >= 11 is 0. The molecule has 1 aromatic heterocycles. The third kappa shape index (κ3) is 2.68. The zero-order valence-corrected chi connectivity index (χ0v) is 9.84. The van der Waals surface area contributed by atoms with Crippen LogP contribution in [0.2, 0.25) is 0 Å². The number of hydrogen-bond donors (Lipinski definition) is 4. The number of phenols is 1. The van der Waals surface area contributed by atoms with Crippen molar-refractivity contribution < 1.29 is 19.8 Å². The van der Waals surface area contributed by atoms with Gasteiger partial charge in [-0.2, -0.15) is 0 Å². The summed E-state index contributed by atoms with van der Waals surface area (Å²) in [6, 6.07) is 3.69. The summed E-state index contributed by atoms with van der Waals surface area (Å²) in [6.07, 6.45) is 0. The molecule has 0 fully saturated rings. The number of nitrogens with zero attached hydrogens (tertiary/aromatic N) is 2. The van der Waals surface area contributed by atoms with Gasteiger partial charge in [-0.25, -0.2) is 9.78 Å². The Kier molecular flexibility index (Phi) is 3.15. The van der Waals surface area contributed by atoms with E-state index in [9.17, 15) is 14.7 Å². The van der Waals surface area contributed by atoms with Crippen molar-refractivity contribution >= 4 is 17.6 Å². The highest BCUT2D eigenvalue weighted by atomic mass is 16.4. The van der Waals surface area contributed by atoms with Gasteiger partial charge in [0.05, 0.1) is 0 Å². The van der Waals surface area contributed by atoms with E-state index >= 15 is 0 Å². The first-order chi connectivity index (χ1) is 8.97. The molecule has 0 aliphatic carbocycles. The predicted molar refractivity (Wildman–Crippen MR) is 64.1 cm³/mol. The molecule has 0 spiro atoms. The summed E-state index contributed by atoms with van der Waals surface area (Å²) in [5.41, 5.74) is 0.00157. The van der Waals surface area contributed by atoms with Crippen LogP contribution in [-0.2, 0) is 0 Å². The molecule has 8 nitrogen and oxygen atoms in total. The largest absolute Gasteiger partial charge is 0.507 e. The van der Waals surface area contributed by atoms with Crippen LogP contribution in [0.25, 0.3) is 0 Å². The quantitative estimate of drug-likeness (QED) is 0.646. The van der Waals surface area contributed by atoms with Crippen molar-refractivity contribution in [1.29, 1.82) is 0 Å². The Bertz CT molecular complexity index is 650. The Balaban J connectivity index is 2.18. The first-order valence-electron chi connectivity index (χ1n) is 5.24. The number of H-pyrrole nitrogens is 1. The Labute approximate surface area is 107 Å². The highest BCUT2D eigenvalue weighted by Gasteiger charge is 2.14. The summed E-state index contributed by atoms with van der Waals surface area (Å²) in [7, 11) is 0. The van der Waals surface area contributed by atoms with Gasteiger partial charge in [-0.05, 0) is 19.1 Å². The monoisotopic (exact) mass is 262 g/mol. The van der Waals surface area contributed by atoms with Crippen molar-refractivity contribution in [1.82, 2.24) is 15.2 Å². The number of rotatable bonds is 3. The Morgan fingerprint density at radius 1 is 1.37 bits per heavy atom. The molecule has 0 saturated heterocycles. The lowest BCUT2D eigenvalue weighted by Crippen LogP contribution is -2.14. The molecule has 2 aromatic rings. The molecular formula is C11H10N4O4. The van der Waals surface area contributed by atoms with Gasteiger partial charge in [0.25, 0.3) is 5.91 Å². The lowest BCUT2D eigenvalue weighted by molar-refractivity contribution is 0.0693. The van der Waals surface area contributed by atoms with Gasteiger partial charge >= 0.3 is 5.97 Å². The van der Waals surface area contributed by atoms with E-state index in [4.69, 9.17) is 5.11 Å². The van der Waals surface area contributed by atoms with Gasteiger partial charge in [0.15, 0.2) is 0 Å². The number of benzene rings is 1. The van der Waals surface area contributed by atoms with E-state index in [2.05, 4.69) is 20.5 Å². The van der Waals surface area contributed by atoms with Crippen LogP contribution >= 0.6 is 0 Å². The molecular weight excluding hydrogens is 252 g/mol. The van der Waals surface area contributed by atoms with Crippen molar-refractivity contribution in [3.63, 3.8) is 0 Å². The van der Waals surface area contributed by atoms with Crippen molar-refractivity contribution in [2.24, 2.45) is 0 Å². The van der Waals surface area contributed by atoms with E-state index < -0.39 is 17.6 Å². The van der Waals surface area contributed by atoms with Crippen molar-refractivity contribution in [2.45, 2.75) is 6.92 Å². The maximum atomic E-state index is 11.7. The molecule has 98 valence electrons. The first-order valence-corrected chi connectivity index (χ1v) is 5.24. The average molecular weight is 262 g/mol. The van der Waals surface area contributed by atoms with E-state index in [1.807, 2.05) is 0 Å². The number of aromatic hydroxyl groups is 1. The minimum absolute atomic E-state index is 0.0423. The molecule has 1 heterocycles. The summed E-state index contributed by atoms with van der Waals surface area (Å²) in [5, 5.41) is 26.9. The first kappa shape index (κ1) is 12.6. The van der Waals surface area contributed by atoms with Crippen molar-refractivity contribution in [3.8, 4) is 5.75 Å². The van der Waals surface area contributed by atoms with Gasteiger partial charge in [-0.15, -0.1) is 5.10 Å². The molecule has 0 saturated carbocycles. The van der Waals surface area contributed by atoms with Crippen molar-refractivity contribution in [2.75, 3.05) is 5.32 Å². The normalized spacial score (nSPS) is 10.2. The van der Waals surface area contributed by atoms with E-state index in [-0.39, 0.29) is 17.1 Å². The van der Waals surface area contributed by atoms with Gasteiger partial charge in [0.2, 0.25) is 5.82 Å². The molecule has 0 aliphatic heterocycles. The third-order valence-electron chi connectivity index (χ3n) is 2.29. The smallest absolute Gasteiger partial charge is 0.339 e. The Morgan fingerprint density at radius 3 is 2.63 bits per heavy atom. The van der Waals surface area contributed by atoms with E-state index in [1.54, 1.807) is 6.92 Å². The van der Waals surface area contributed by atoms with Gasteiger partial charge in [0, 0.05) is 11.8 Å². The van der Waals surface area contributed by atoms with E-state index in [1.165, 1.54) is 12.1 Å². The van der Waals surface area contributed by atoms with Crippen LogP contribution in [0, 0.1) is 6.92 Å². The zero-order valence-electron chi connectivity index (χ0n) is 9.84. The minimum atomic E-state index is -1.25. The summed E-state index contributed by atoms with van der Waals surface area (Å²) in [6.45, 7) is 1.65. The van der Waals surface area contributed by atoms with Crippen LogP contribution in [0.1, 0.15) is 26.8 Å². The second-order valence-corrected chi connectivity index (χ2v) is 3.74. The highest BCUT2D eigenvalue weighted by Crippen LogP contribution is 2.22. The predicted octanol–water partition coefficient (Wildman–Crippen LogP) is 0.769. The molecule has 0 unspecified atom stereocenters. The SMILES string of the molecule is Cc1nc(C(=O)Nc2ccc(C(=O)O)c(O)c2)n[nH]1. The highest BCUT2D eigenvalue weighted by molar-refractivity contribution is 6.02. The molecule has 0 radical (unpaired) electrons. The molecule has 0 aliphatic rings. The fourth-order valence-electron chi connectivity index (χ4n) is 1.42. The zero-order chi connectivity index (χ0) is 14.0. The number of carbonyl (C=O) groups is 2. The number of amides is 1. The van der Waals surface area contributed by atoms with Crippen molar-refractivity contribution in [3.05, 3.63) is 35.4 Å². The Hall–Kier alpha value is -2.90. The lowest BCUT2D eigenvalue weighted by atomic mass is 10.2. The van der Waals surface area contributed by atoms with Crippen LogP contribution in [0.4, 0.5) is 5.69 Å². The fourth-order valence-corrected chi connectivity index (χ4v) is 1.42. The van der Waals surface area contributed by atoms with Crippen LogP contribution in [0.15, 0.2) is 18.2 Å². The van der Waals surface area contributed by atoms with Gasteiger partial charge in [-0.3, -0.25) is 9.89 Å². The minimum Gasteiger partial charge on any atom is -0.507 e. The number of carboxylic acid groups (broad SMARTS) is 1. The second-order valence-electron chi connectivity index (χ2n) is 3.74. The molecule has 0 atom stereocenters.